The molecule has 0 unspecified atom stereocenters. The molecule has 0 radical (unpaired) electrons. The summed E-state index contributed by atoms with van der Waals surface area (Å²) in [6.45, 7) is 9.46. The van der Waals surface area contributed by atoms with Gasteiger partial charge in [-0.2, -0.15) is 0 Å². The predicted molar refractivity (Wildman–Crippen MR) is 127 cm³/mol. The molecular formula is C23H50BrP. The van der Waals surface area contributed by atoms with Crippen LogP contribution >= 0.6 is 20.8 Å². The van der Waals surface area contributed by atoms with Crippen molar-refractivity contribution < 1.29 is 0 Å². The zero-order valence-corrected chi connectivity index (χ0v) is 20.7. The fraction of sp³-hybridized carbons (Fsp3) is 1.00. The van der Waals surface area contributed by atoms with Gasteiger partial charge in [-0.25, -0.2) is 0 Å². The molecule has 0 saturated heterocycles. The van der Waals surface area contributed by atoms with E-state index in [1.807, 2.05) is 0 Å². The molecule has 0 aliphatic carbocycles. The molecule has 0 saturated carbocycles. The van der Waals surface area contributed by atoms with E-state index in [2.05, 4.69) is 43.2 Å². The van der Waals surface area contributed by atoms with Crippen LogP contribution in [-0.2, 0) is 0 Å². The first-order valence-electron chi connectivity index (χ1n) is 11.8. The average Bonchev–Trinajstić information content (AvgIpc) is 2.62. The van der Waals surface area contributed by atoms with Crippen LogP contribution in [0.2, 0.25) is 0 Å². The monoisotopic (exact) mass is 436 g/mol. The Kier molecular flexibility index (Phi) is 16.5. The predicted octanol–water partition coefficient (Wildman–Crippen LogP) is 9.78. The molecule has 0 heterocycles. The van der Waals surface area contributed by atoms with E-state index < -0.39 is 5.31 Å². The van der Waals surface area contributed by atoms with Gasteiger partial charge >= 0.3 is 169 Å². The van der Waals surface area contributed by atoms with Crippen LogP contribution in [-0.4, -0.2) is 24.6 Å². The van der Waals surface area contributed by atoms with Gasteiger partial charge in [0.05, 0.1) is 0 Å². The third-order valence-corrected chi connectivity index (χ3v) is 16.8. The molecule has 0 N–H and O–H groups in total. The van der Waals surface area contributed by atoms with Crippen LogP contribution in [0.1, 0.15) is 124 Å². The molecule has 0 aliphatic heterocycles. The van der Waals surface area contributed by atoms with Crippen LogP contribution in [0.25, 0.3) is 0 Å². The molecule has 0 bridgehead atoms. The molecule has 0 nitrogen and oxygen atoms in total. The molecular weight excluding hydrogens is 387 g/mol. The molecule has 0 aliphatic rings. The van der Waals surface area contributed by atoms with Gasteiger partial charge in [-0.05, 0) is 0 Å². The second kappa shape index (κ2) is 15.9. The Bertz CT molecular complexity index is 251. The summed E-state index contributed by atoms with van der Waals surface area (Å²) in [5, 5.41) is -1.62. The van der Waals surface area contributed by atoms with Gasteiger partial charge < -0.3 is 0 Å². The van der Waals surface area contributed by atoms with E-state index >= 15 is 0 Å². The molecule has 0 aromatic carbocycles. The molecule has 25 heavy (non-hydrogen) atoms. The van der Waals surface area contributed by atoms with Gasteiger partial charge in [0.2, 0.25) is 0 Å². The zero-order chi connectivity index (χ0) is 18.9. The first kappa shape index (κ1) is 25.9. The minimum absolute atomic E-state index is 1.36. The van der Waals surface area contributed by atoms with Gasteiger partial charge in [0, 0.05) is 0 Å². The average molecular weight is 438 g/mol. The molecule has 0 spiro atoms. The van der Waals surface area contributed by atoms with Crippen molar-refractivity contribution in [2.75, 3.05) is 24.6 Å². The Balaban J connectivity index is 4.53. The molecule has 0 rings (SSSR count). The molecule has 0 fully saturated rings. The van der Waals surface area contributed by atoms with E-state index in [0.29, 0.717) is 0 Å². The van der Waals surface area contributed by atoms with Crippen molar-refractivity contribution in [3.05, 3.63) is 0 Å². The Labute approximate surface area is 169 Å². The van der Waals surface area contributed by atoms with Crippen molar-refractivity contribution in [1.29, 1.82) is 0 Å². The van der Waals surface area contributed by atoms with Gasteiger partial charge in [0.1, 0.15) is 0 Å². The Morgan fingerprint density at radius 3 is 0.960 bits per heavy atom. The number of hydrogen-bond acceptors (Lipinski definition) is 0. The van der Waals surface area contributed by atoms with Crippen molar-refractivity contribution in [3.8, 4) is 0 Å². The molecule has 0 atom stereocenters. The summed E-state index contributed by atoms with van der Waals surface area (Å²) in [6, 6.07) is 0. The van der Waals surface area contributed by atoms with Crippen molar-refractivity contribution in [2.24, 2.45) is 0 Å². The van der Waals surface area contributed by atoms with Crippen LogP contribution in [0.15, 0.2) is 0 Å². The van der Waals surface area contributed by atoms with Crippen LogP contribution < -0.4 is 0 Å². The Morgan fingerprint density at radius 2 is 0.720 bits per heavy atom. The molecule has 2 heteroatoms. The minimum atomic E-state index is -1.62. The van der Waals surface area contributed by atoms with Gasteiger partial charge in [-0.15, -0.1) is 0 Å². The van der Waals surface area contributed by atoms with E-state index in [9.17, 15) is 0 Å². The first-order valence-corrected chi connectivity index (χ1v) is 16.8. The quantitative estimate of drug-likeness (QED) is 0.139. The van der Waals surface area contributed by atoms with E-state index in [-0.39, 0.29) is 0 Å². The van der Waals surface area contributed by atoms with Crippen LogP contribution in [0, 0.1) is 0 Å². The fourth-order valence-corrected chi connectivity index (χ4v) is 11.1. The van der Waals surface area contributed by atoms with Crippen molar-refractivity contribution in [1.82, 2.24) is 0 Å². The van der Waals surface area contributed by atoms with Crippen molar-refractivity contribution >= 4 is 20.8 Å². The van der Waals surface area contributed by atoms with Gasteiger partial charge in [0.25, 0.3) is 0 Å². The maximum atomic E-state index is 4.53. The van der Waals surface area contributed by atoms with Crippen LogP contribution in [0.5, 0.6) is 0 Å². The second-order valence-corrected chi connectivity index (χ2v) is 20.2. The number of hydrogen-bond donors (Lipinski definition) is 0. The van der Waals surface area contributed by atoms with Crippen LogP contribution in [0.3, 0.4) is 0 Å². The van der Waals surface area contributed by atoms with Gasteiger partial charge in [0.15, 0.2) is 0 Å². The Hall–Kier alpha value is 0.910. The summed E-state index contributed by atoms with van der Waals surface area (Å²) in [7, 11) is 0. The molecule has 0 amide bonds. The molecule has 0 aromatic heterocycles. The number of rotatable bonds is 19. The topological polar surface area (TPSA) is 0 Å². The second-order valence-electron chi connectivity index (χ2n) is 8.55. The van der Waals surface area contributed by atoms with E-state index in [0.717, 1.165) is 0 Å². The first-order chi connectivity index (χ1) is 12.0. The van der Waals surface area contributed by atoms with E-state index in [1.54, 1.807) is 0 Å². The third kappa shape index (κ3) is 12.8. The van der Waals surface area contributed by atoms with Gasteiger partial charge in [-0.1, -0.05) is 0 Å². The summed E-state index contributed by atoms with van der Waals surface area (Å²) >= 11 is 4.53. The standard InChI is InChI=1S/C23H50BrP/c1-5-9-12-15-18-21-25(24,8-4,22-19-16-13-10-6-2)23-20-17-14-11-7-3/h5-23H2,1-4H3. The van der Waals surface area contributed by atoms with E-state index in [4.69, 9.17) is 0 Å². The maximum absolute atomic E-state index is 4.53. The normalized spacial score (nSPS) is 13.7. The number of halogens is 1. The van der Waals surface area contributed by atoms with Crippen molar-refractivity contribution in [3.63, 3.8) is 0 Å². The van der Waals surface area contributed by atoms with Crippen LogP contribution in [0.4, 0.5) is 0 Å². The summed E-state index contributed by atoms with van der Waals surface area (Å²) in [6.07, 6.45) is 27.5. The molecule has 0 aromatic rings. The summed E-state index contributed by atoms with van der Waals surface area (Å²) in [4.78, 5) is 0. The summed E-state index contributed by atoms with van der Waals surface area (Å²) < 4.78 is 0. The molecule has 154 valence electrons. The van der Waals surface area contributed by atoms with Gasteiger partial charge in [-0.3, -0.25) is 0 Å². The zero-order valence-electron chi connectivity index (χ0n) is 18.3. The SMILES string of the molecule is CCCCCCCP(Br)(CC)(CCCCCCC)CCCCCCC. The Morgan fingerprint density at radius 1 is 0.440 bits per heavy atom. The van der Waals surface area contributed by atoms with E-state index in [1.165, 1.54) is 121 Å². The van der Waals surface area contributed by atoms with Crippen molar-refractivity contribution in [2.45, 2.75) is 124 Å². The number of unbranched alkanes of at least 4 members (excludes halogenated alkanes) is 12. The summed E-state index contributed by atoms with van der Waals surface area (Å²) in [5.41, 5.74) is 0. The fourth-order valence-electron chi connectivity index (χ4n) is 4.14. The summed E-state index contributed by atoms with van der Waals surface area (Å²) in [5.74, 6) is 0. The third-order valence-electron chi connectivity index (χ3n) is 6.25.